The van der Waals surface area contributed by atoms with E-state index < -0.39 is 0 Å². The largest absolute Gasteiger partial charge is 0.497 e. The minimum atomic E-state index is -0.262. The van der Waals surface area contributed by atoms with Crippen LogP contribution in [0.5, 0.6) is 5.75 Å². The van der Waals surface area contributed by atoms with Crippen molar-refractivity contribution in [2.45, 2.75) is 12.5 Å². The third kappa shape index (κ3) is 5.74. The van der Waals surface area contributed by atoms with Crippen LogP contribution in [-0.4, -0.2) is 45.2 Å². The Morgan fingerprint density at radius 2 is 1.81 bits per heavy atom. The highest BCUT2D eigenvalue weighted by Gasteiger charge is 2.15. The van der Waals surface area contributed by atoms with E-state index in [1.165, 1.54) is 6.07 Å². The van der Waals surface area contributed by atoms with Gasteiger partial charge in [0.15, 0.2) is 0 Å². The normalized spacial score (nSPS) is 11.9. The number of carbonyl (C=O) groups is 1. The summed E-state index contributed by atoms with van der Waals surface area (Å²) in [4.78, 5) is 14.1. The Kier molecular flexibility index (Phi) is 7.41. The number of hydrogen-bond acceptors (Lipinski definition) is 3. The Balaban J connectivity index is 1.82. The highest BCUT2D eigenvalue weighted by Crippen LogP contribution is 2.20. The van der Waals surface area contributed by atoms with Gasteiger partial charge in [0.2, 0.25) is 0 Å². The zero-order valence-electron chi connectivity index (χ0n) is 15.5. The Bertz CT molecular complexity index is 704. The third-order valence-corrected chi connectivity index (χ3v) is 4.22. The van der Waals surface area contributed by atoms with Gasteiger partial charge in [-0.25, -0.2) is 9.18 Å². The molecule has 140 valence electrons. The van der Waals surface area contributed by atoms with Gasteiger partial charge in [0.05, 0.1) is 13.2 Å². The molecular weight excluding hydrogens is 333 g/mol. The highest BCUT2D eigenvalue weighted by atomic mass is 19.1. The van der Waals surface area contributed by atoms with E-state index in [1.807, 2.05) is 43.3 Å². The number of nitrogens with zero attached hydrogens (tertiary/aromatic N) is 1. The van der Waals surface area contributed by atoms with Crippen molar-refractivity contribution in [3.63, 3.8) is 0 Å². The minimum absolute atomic E-state index is 0.0400. The molecule has 0 bridgehead atoms. The van der Waals surface area contributed by atoms with Gasteiger partial charge in [-0.3, -0.25) is 0 Å². The van der Waals surface area contributed by atoms with E-state index in [-0.39, 0.29) is 17.9 Å². The van der Waals surface area contributed by atoms with Gasteiger partial charge in [0.1, 0.15) is 11.6 Å². The molecule has 1 atom stereocenters. The number of likely N-dealkylation sites (N-methyl/N-ethyl adjacent to an activating group) is 1. The molecule has 0 fully saturated rings. The summed E-state index contributed by atoms with van der Waals surface area (Å²) in [6.45, 7) is 0.840. The van der Waals surface area contributed by atoms with Crippen LogP contribution >= 0.6 is 0 Å². The molecule has 2 rings (SSSR count). The van der Waals surface area contributed by atoms with Crippen LogP contribution in [0.4, 0.5) is 9.18 Å². The zero-order chi connectivity index (χ0) is 18.9. The fourth-order valence-corrected chi connectivity index (χ4v) is 2.69. The molecule has 0 aliphatic carbocycles. The van der Waals surface area contributed by atoms with Gasteiger partial charge in [-0.15, -0.1) is 0 Å². The second-order valence-electron chi connectivity index (χ2n) is 6.23. The maximum Gasteiger partial charge on any atom is 0.314 e. The van der Waals surface area contributed by atoms with Crippen molar-refractivity contribution in [2.24, 2.45) is 0 Å². The molecule has 5 nitrogen and oxygen atoms in total. The second-order valence-corrected chi connectivity index (χ2v) is 6.23. The first-order valence-corrected chi connectivity index (χ1v) is 8.56. The van der Waals surface area contributed by atoms with Crippen LogP contribution in [0.2, 0.25) is 0 Å². The summed E-state index contributed by atoms with van der Waals surface area (Å²) in [5, 5.41) is 5.64. The number of methoxy groups -OCH3 is 1. The van der Waals surface area contributed by atoms with Gasteiger partial charge in [0, 0.05) is 13.1 Å². The SMILES string of the molecule is COc1ccc(C(CNC(=O)NCCc2ccccc2F)N(C)C)cc1. The molecule has 0 aromatic heterocycles. The molecule has 26 heavy (non-hydrogen) atoms. The Hall–Kier alpha value is -2.60. The smallest absolute Gasteiger partial charge is 0.314 e. The average Bonchev–Trinajstić information content (AvgIpc) is 2.64. The van der Waals surface area contributed by atoms with E-state index >= 15 is 0 Å². The molecular formula is C20H26FN3O2. The van der Waals surface area contributed by atoms with Crippen LogP contribution < -0.4 is 15.4 Å². The molecule has 0 aliphatic heterocycles. The van der Waals surface area contributed by atoms with Gasteiger partial charge in [-0.2, -0.15) is 0 Å². The van der Waals surface area contributed by atoms with Gasteiger partial charge >= 0.3 is 6.03 Å². The Morgan fingerprint density at radius 3 is 2.42 bits per heavy atom. The van der Waals surface area contributed by atoms with Crippen LogP contribution in [0.1, 0.15) is 17.2 Å². The van der Waals surface area contributed by atoms with E-state index in [2.05, 4.69) is 10.6 Å². The van der Waals surface area contributed by atoms with Crippen molar-refractivity contribution < 1.29 is 13.9 Å². The molecule has 0 saturated heterocycles. The summed E-state index contributed by atoms with van der Waals surface area (Å²) in [5.41, 5.74) is 1.68. The number of urea groups is 1. The lowest BCUT2D eigenvalue weighted by molar-refractivity contribution is 0.233. The maximum absolute atomic E-state index is 13.6. The maximum atomic E-state index is 13.6. The number of benzene rings is 2. The first kappa shape index (κ1) is 19.7. The van der Waals surface area contributed by atoms with Crippen LogP contribution in [0.15, 0.2) is 48.5 Å². The zero-order valence-corrected chi connectivity index (χ0v) is 15.5. The summed E-state index contributed by atoms with van der Waals surface area (Å²) in [6.07, 6.45) is 0.454. The molecule has 0 saturated carbocycles. The summed E-state index contributed by atoms with van der Waals surface area (Å²) >= 11 is 0. The predicted molar refractivity (Wildman–Crippen MR) is 101 cm³/mol. The Labute approximate surface area is 154 Å². The molecule has 0 radical (unpaired) electrons. The lowest BCUT2D eigenvalue weighted by Gasteiger charge is -2.25. The molecule has 0 aliphatic rings. The number of hydrogen-bond donors (Lipinski definition) is 2. The van der Waals surface area contributed by atoms with E-state index in [4.69, 9.17) is 4.74 Å². The average molecular weight is 359 g/mol. The van der Waals surface area contributed by atoms with Gasteiger partial charge < -0.3 is 20.3 Å². The highest BCUT2D eigenvalue weighted by molar-refractivity contribution is 5.73. The topological polar surface area (TPSA) is 53.6 Å². The molecule has 0 spiro atoms. The van der Waals surface area contributed by atoms with Gasteiger partial charge in [0.25, 0.3) is 0 Å². The van der Waals surface area contributed by atoms with Gasteiger partial charge in [-0.1, -0.05) is 30.3 Å². The fourth-order valence-electron chi connectivity index (χ4n) is 2.69. The summed E-state index contributed by atoms with van der Waals surface area (Å²) in [7, 11) is 5.56. The van der Waals surface area contributed by atoms with Crippen LogP contribution in [0, 0.1) is 5.82 Å². The molecule has 0 heterocycles. The number of ether oxygens (including phenoxy) is 1. The molecule has 2 N–H and O–H groups in total. The molecule has 2 aromatic rings. The quantitative estimate of drug-likeness (QED) is 0.762. The van der Waals surface area contributed by atoms with Crippen molar-refractivity contribution >= 4 is 6.03 Å². The Morgan fingerprint density at radius 1 is 1.12 bits per heavy atom. The lowest BCUT2D eigenvalue weighted by atomic mass is 10.1. The standard InChI is InChI=1S/C20H26FN3O2/c1-24(2)19(16-8-10-17(26-3)11-9-16)14-23-20(25)22-13-12-15-6-4-5-7-18(15)21/h4-11,19H,12-14H2,1-3H3,(H2,22,23,25). The van der Waals surface area contributed by atoms with Gasteiger partial charge in [-0.05, 0) is 49.8 Å². The van der Waals surface area contributed by atoms with E-state index in [9.17, 15) is 9.18 Å². The van der Waals surface area contributed by atoms with Crippen molar-refractivity contribution in [3.05, 3.63) is 65.5 Å². The van der Waals surface area contributed by atoms with Crippen molar-refractivity contribution in [1.82, 2.24) is 15.5 Å². The van der Waals surface area contributed by atoms with Crippen LogP contribution in [0.25, 0.3) is 0 Å². The van der Waals surface area contributed by atoms with Crippen molar-refractivity contribution in [1.29, 1.82) is 0 Å². The van der Waals surface area contributed by atoms with Crippen molar-refractivity contribution in [2.75, 3.05) is 34.3 Å². The predicted octanol–water partition coefficient (Wildman–Crippen LogP) is 2.98. The lowest BCUT2D eigenvalue weighted by Crippen LogP contribution is -2.41. The molecule has 2 aromatic carbocycles. The molecule has 1 unspecified atom stereocenters. The molecule has 6 heteroatoms. The van der Waals surface area contributed by atoms with E-state index in [1.54, 1.807) is 25.3 Å². The summed E-state index contributed by atoms with van der Waals surface area (Å²) in [5.74, 6) is 0.548. The first-order chi connectivity index (χ1) is 12.5. The molecule has 2 amide bonds. The number of halogens is 1. The monoisotopic (exact) mass is 359 g/mol. The minimum Gasteiger partial charge on any atom is -0.497 e. The number of rotatable bonds is 8. The summed E-state index contributed by atoms with van der Waals surface area (Å²) in [6, 6.07) is 14.1. The fraction of sp³-hybridized carbons (Fsp3) is 0.350. The van der Waals surface area contributed by atoms with Crippen molar-refractivity contribution in [3.8, 4) is 5.75 Å². The second kappa shape index (κ2) is 9.77. The van der Waals surface area contributed by atoms with E-state index in [0.717, 1.165) is 11.3 Å². The number of nitrogens with one attached hydrogen (secondary N) is 2. The van der Waals surface area contributed by atoms with E-state index in [0.29, 0.717) is 25.1 Å². The first-order valence-electron chi connectivity index (χ1n) is 8.56. The van der Waals surface area contributed by atoms with Crippen LogP contribution in [-0.2, 0) is 6.42 Å². The third-order valence-electron chi connectivity index (χ3n) is 4.22. The van der Waals surface area contributed by atoms with Crippen LogP contribution in [0.3, 0.4) is 0 Å². The number of amides is 2. The number of carbonyl (C=O) groups excluding carboxylic acids is 1. The summed E-state index contributed by atoms with van der Waals surface area (Å²) < 4.78 is 18.7.